The first kappa shape index (κ1) is 13.1. The lowest BCUT2D eigenvalue weighted by Crippen LogP contribution is -2.45. The Bertz CT molecular complexity index is 410. The third-order valence-corrected chi connectivity index (χ3v) is 4.55. The molecule has 2 aliphatic heterocycles. The zero-order valence-electron chi connectivity index (χ0n) is 11.9. The van der Waals surface area contributed by atoms with Crippen molar-refractivity contribution in [1.82, 2.24) is 15.1 Å². The van der Waals surface area contributed by atoms with Crippen LogP contribution in [-0.4, -0.2) is 56.1 Å². The van der Waals surface area contributed by atoms with Gasteiger partial charge in [0, 0.05) is 38.8 Å². The molecule has 1 atom stereocenters. The highest BCUT2D eigenvalue weighted by atomic mass is 15.2. The van der Waals surface area contributed by atoms with Crippen LogP contribution < -0.4 is 5.32 Å². The first-order chi connectivity index (χ1) is 9.33. The maximum atomic E-state index is 3.69. The van der Waals surface area contributed by atoms with E-state index in [1.807, 2.05) is 0 Å². The van der Waals surface area contributed by atoms with Crippen LogP contribution in [0.4, 0.5) is 0 Å². The van der Waals surface area contributed by atoms with E-state index >= 15 is 0 Å². The van der Waals surface area contributed by atoms with Gasteiger partial charge in [-0.3, -0.25) is 0 Å². The first-order valence-electron chi connectivity index (χ1n) is 7.55. The summed E-state index contributed by atoms with van der Waals surface area (Å²) in [4.78, 5) is 5.03. The normalized spacial score (nSPS) is 25.2. The molecule has 19 heavy (non-hydrogen) atoms. The highest BCUT2D eigenvalue weighted by molar-refractivity contribution is 5.32. The topological polar surface area (TPSA) is 18.5 Å². The summed E-state index contributed by atoms with van der Waals surface area (Å²) in [6.45, 7) is 7.24. The van der Waals surface area contributed by atoms with Crippen molar-refractivity contribution in [2.24, 2.45) is 0 Å². The highest BCUT2D eigenvalue weighted by Gasteiger charge is 2.20. The van der Waals surface area contributed by atoms with Crippen LogP contribution in [0.15, 0.2) is 24.3 Å². The average molecular weight is 259 g/mol. The molecule has 0 amide bonds. The van der Waals surface area contributed by atoms with E-state index in [9.17, 15) is 0 Å². The van der Waals surface area contributed by atoms with E-state index < -0.39 is 0 Å². The maximum Gasteiger partial charge on any atom is 0.0335 e. The zero-order chi connectivity index (χ0) is 13.1. The second kappa shape index (κ2) is 6.04. The van der Waals surface area contributed by atoms with Crippen molar-refractivity contribution in [2.75, 3.05) is 46.3 Å². The molecule has 2 heterocycles. The number of fused-ring (bicyclic) bond motifs is 1. The van der Waals surface area contributed by atoms with E-state index in [2.05, 4.69) is 46.4 Å². The Morgan fingerprint density at radius 2 is 1.95 bits per heavy atom. The summed E-state index contributed by atoms with van der Waals surface area (Å²) in [5, 5.41) is 3.69. The number of hydrogen-bond donors (Lipinski definition) is 1. The maximum absolute atomic E-state index is 3.69. The molecule has 1 fully saturated rings. The Morgan fingerprint density at radius 1 is 1.16 bits per heavy atom. The molecule has 3 nitrogen and oxygen atoms in total. The van der Waals surface area contributed by atoms with Gasteiger partial charge in [-0.2, -0.15) is 0 Å². The molecular formula is C16H25N3. The van der Waals surface area contributed by atoms with E-state index in [0.29, 0.717) is 6.04 Å². The Balaban J connectivity index is 1.56. The van der Waals surface area contributed by atoms with Gasteiger partial charge in [-0.25, -0.2) is 0 Å². The number of nitrogens with zero attached hydrogens (tertiary/aromatic N) is 2. The Morgan fingerprint density at radius 3 is 2.79 bits per heavy atom. The molecule has 1 aromatic rings. The quantitative estimate of drug-likeness (QED) is 0.888. The van der Waals surface area contributed by atoms with E-state index in [4.69, 9.17) is 0 Å². The molecule has 2 aliphatic rings. The Labute approximate surface area is 116 Å². The molecule has 1 saturated heterocycles. The molecule has 1 unspecified atom stereocenters. The minimum Gasteiger partial charge on any atom is -0.310 e. The van der Waals surface area contributed by atoms with Crippen molar-refractivity contribution >= 4 is 0 Å². The fourth-order valence-corrected chi connectivity index (χ4v) is 3.23. The van der Waals surface area contributed by atoms with Crippen LogP contribution in [0.1, 0.15) is 23.6 Å². The molecule has 0 aliphatic carbocycles. The van der Waals surface area contributed by atoms with Gasteiger partial charge in [0.25, 0.3) is 0 Å². The molecule has 3 heteroatoms. The van der Waals surface area contributed by atoms with Gasteiger partial charge in [-0.05, 0) is 37.6 Å². The number of benzene rings is 1. The lowest BCUT2D eigenvalue weighted by molar-refractivity contribution is 0.148. The zero-order valence-corrected chi connectivity index (χ0v) is 11.9. The third kappa shape index (κ3) is 3.16. The van der Waals surface area contributed by atoms with Crippen LogP contribution in [0.3, 0.4) is 0 Å². The van der Waals surface area contributed by atoms with Crippen molar-refractivity contribution in [3.63, 3.8) is 0 Å². The standard InChI is InChI=1S/C16H25N3/c1-18-10-12-19(13-11-18)9-7-16-15-5-3-2-4-14(15)6-8-17-16/h2-5,16-17H,6-13H2,1H3. The molecule has 0 radical (unpaired) electrons. The van der Waals surface area contributed by atoms with E-state index in [-0.39, 0.29) is 0 Å². The minimum atomic E-state index is 0.560. The fraction of sp³-hybridized carbons (Fsp3) is 0.625. The molecular weight excluding hydrogens is 234 g/mol. The van der Waals surface area contributed by atoms with E-state index in [0.717, 1.165) is 6.54 Å². The number of likely N-dealkylation sites (N-methyl/N-ethyl adjacent to an activating group) is 1. The monoisotopic (exact) mass is 259 g/mol. The second-order valence-corrected chi connectivity index (χ2v) is 5.89. The van der Waals surface area contributed by atoms with Gasteiger partial charge in [0.15, 0.2) is 0 Å². The minimum absolute atomic E-state index is 0.560. The predicted molar refractivity (Wildman–Crippen MR) is 79.4 cm³/mol. The Hall–Kier alpha value is -0.900. The first-order valence-corrected chi connectivity index (χ1v) is 7.55. The van der Waals surface area contributed by atoms with Gasteiger partial charge in [-0.1, -0.05) is 24.3 Å². The molecule has 0 spiro atoms. The predicted octanol–water partition coefficient (Wildman–Crippen LogP) is 1.51. The summed E-state index contributed by atoms with van der Waals surface area (Å²) < 4.78 is 0. The molecule has 1 aromatic carbocycles. The van der Waals surface area contributed by atoms with Gasteiger partial charge >= 0.3 is 0 Å². The summed E-state index contributed by atoms with van der Waals surface area (Å²) in [5.41, 5.74) is 3.08. The van der Waals surface area contributed by atoms with Crippen LogP contribution >= 0.6 is 0 Å². The second-order valence-electron chi connectivity index (χ2n) is 5.89. The molecule has 104 valence electrons. The number of nitrogens with one attached hydrogen (secondary N) is 1. The van der Waals surface area contributed by atoms with Gasteiger partial charge in [0.1, 0.15) is 0 Å². The number of rotatable bonds is 3. The van der Waals surface area contributed by atoms with Crippen LogP contribution in [0.2, 0.25) is 0 Å². The third-order valence-electron chi connectivity index (χ3n) is 4.55. The van der Waals surface area contributed by atoms with Crippen LogP contribution in [0.25, 0.3) is 0 Å². The summed E-state index contributed by atoms with van der Waals surface area (Å²) in [6, 6.07) is 9.50. The van der Waals surface area contributed by atoms with Crippen LogP contribution in [-0.2, 0) is 6.42 Å². The van der Waals surface area contributed by atoms with Gasteiger partial charge in [0.05, 0.1) is 0 Å². The van der Waals surface area contributed by atoms with Gasteiger partial charge in [0.2, 0.25) is 0 Å². The van der Waals surface area contributed by atoms with Crippen LogP contribution in [0, 0.1) is 0 Å². The molecule has 3 rings (SSSR count). The Kier molecular flexibility index (Phi) is 4.16. The van der Waals surface area contributed by atoms with Crippen molar-refractivity contribution < 1.29 is 0 Å². The molecule has 0 saturated carbocycles. The van der Waals surface area contributed by atoms with E-state index in [1.54, 1.807) is 5.56 Å². The van der Waals surface area contributed by atoms with Crippen molar-refractivity contribution in [1.29, 1.82) is 0 Å². The fourth-order valence-electron chi connectivity index (χ4n) is 3.23. The molecule has 0 bridgehead atoms. The summed E-state index contributed by atoms with van der Waals surface area (Å²) in [5.74, 6) is 0. The average Bonchev–Trinajstić information content (AvgIpc) is 2.47. The van der Waals surface area contributed by atoms with Gasteiger partial charge in [-0.15, -0.1) is 0 Å². The smallest absolute Gasteiger partial charge is 0.0335 e. The highest BCUT2D eigenvalue weighted by Crippen LogP contribution is 2.25. The van der Waals surface area contributed by atoms with E-state index in [1.165, 1.54) is 51.1 Å². The summed E-state index contributed by atoms with van der Waals surface area (Å²) in [6.07, 6.45) is 2.42. The van der Waals surface area contributed by atoms with Gasteiger partial charge < -0.3 is 15.1 Å². The SMILES string of the molecule is CN1CCN(CCC2NCCc3ccccc32)CC1. The van der Waals surface area contributed by atoms with Crippen LogP contribution in [0.5, 0.6) is 0 Å². The lowest BCUT2D eigenvalue weighted by Gasteiger charge is -2.34. The molecule has 1 N–H and O–H groups in total. The largest absolute Gasteiger partial charge is 0.310 e. The summed E-state index contributed by atoms with van der Waals surface area (Å²) in [7, 11) is 2.22. The lowest BCUT2D eigenvalue weighted by atomic mass is 9.92. The number of hydrogen-bond acceptors (Lipinski definition) is 3. The van der Waals surface area contributed by atoms with Crippen molar-refractivity contribution in [2.45, 2.75) is 18.9 Å². The van der Waals surface area contributed by atoms with Crippen molar-refractivity contribution in [3.8, 4) is 0 Å². The number of piperazine rings is 1. The summed E-state index contributed by atoms with van der Waals surface area (Å²) >= 11 is 0. The van der Waals surface area contributed by atoms with Crippen molar-refractivity contribution in [3.05, 3.63) is 35.4 Å². The molecule has 0 aromatic heterocycles.